The van der Waals surface area contributed by atoms with Gasteiger partial charge in [0, 0.05) is 17.9 Å². The number of piperidine rings is 1. The first kappa shape index (κ1) is 12.3. The Labute approximate surface area is 113 Å². The van der Waals surface area contributed by atoms with Crippen LogP contribution >= 0.6 is 0 Å². The van der Waals surface area contributed by atoms with Gasteiger partial charge in [0.05, 0.1) is 5.56 Å². The van der Waals surface area contributed by atoms with Crippen LogP contribution in [0.5, 0.6) is 0 Å². The number of carbonyl (C=O) groups excluding carboxylic acids is 1. The van der Waals surface area contributed by atoms with Crippen LogP contribution in [0.15, 0.2) is 42.6 Å². The second-order valence-corrected chi connectivity index (χ2v) is 5.81. The van der Waals surface area contributed by atoms with E-state index in [1.54, 1.807) is 12.1 Å². The van der Waals surface area contributed by atoms with Crippen molar-refractivity contribution in [2.45, 2.75) is 38.5 Å². The Morgan fingerprint density at radius 2 is 2.00 bits per heavy atom. The number of hydrogen-bond acceptors (Lipinski definition) is 3. The lowest BCUT2D eigenvalue weighted by Gasteiger charge is -2.46. The summed E-state index contributed by atoms with van der Waals surface area (Å²) in [6.45, 7) is 4.42. The molecule has 2 bridgehead atoms. The summed E-state index contributed by atoms with van der Waals surface area (Å²) in [5.41, 5.74) is 0.672. The number of rotatable bonds is 2. The lowest BCUT2D eigenvalue weighted by Crippen LogP contribution is -2.52. The number of carbonyl (C=O) groups is 1. The molecule has 1 saturated heterocycles. The van der Waals surface area contributed by atoms with Crippen molar-refractivity contribution in [1.29, 1.82) is 0 Å². The zero-order valence-electron chi connectivity index (χ0n) is 11.4. The minimum atomic E-state index is -0.236. The van der Waals surface area contributed by atoms with E-state index >= 15 is 0 Å². The molecule has 0 saturated carbocycles. The van der Waals surface area contributed by atoms with E-state index in [1.807, 2.05) is 18.2 Å². The number of fused-ring (bicyclic) bond motifs is 2. The highest BCUT2D eigenvalue weighted by Gasteiger charge is 2.45. The highest BCUT2D eigenvalue weighted by molar-refractivity contribution is 5.89. The summed E-state index contributed by atoms with van der Waals surface area (Å²) in [5.74, 6) is 0.333. The molecule has 0 aromatic heterocycles. The topological polar surface area (TPSA) is 29.5 Å². The minimum Gasteiger partial charge on any atom is -0.438 e. The van der Waals surface area contributed by atoms with Crippen molar-refractivity contribution < 1.29 is 9.53 Å². The zero-order chi connectivity index (χ0) is 13.5. The van der Waals surface area contributed by atoms with Gasteiger partial charge in [-0.2, -0.15) is 0 Å². The smallest absolute Gasteiger partial charge is 0.340 e. The third-order valence-electron chi connectivity index (χ3n) is 4.34. The molecule has 0 spiro atoms. The second-order valence-electron chi connectivity index (χ2n) is 5.81. The van der Waals surface area contributed by atoms with Crippen LogP contribution in [0.25, 0.3) is 0 Å². The van der Waals surface area contributed by atoms with Crippen LogP contribution < -0.4 is 0 Å². The van der Waals surface area contributed by atoms with Gasteiger partial charge in [0.25, 0.3) is 0 Å². The summed E-state index contributed by atoms with van der Waals surface area (Å²) >= 11 is 0. The molecule has 1 aromatic rings. The van der Waals surface area contributed by atoms with E-state index in [-0.39, 0.29) is 17.7 Å². The molecule has 19 heavy (non-hydrogen) atoms. The van der Waals surface area contributed by atoms with Crippen molar-refractivity contribution in [3.05, 3.63) is 48.2 Å². The number of hydrogen-bond donors (Lipinski definition) is 0. The van der Waals surface area contributed by atoms with Crippen molar-refractivity contribution >= 4 is 5.97 Å². The van der Waals surface area contributed by atoms with Gasteiger partial charge in [0.15, 0.2) is 6.23 Å². The van der Waals surface area contributed by atoms with E-state index in [4.69, 9.17) is 4.74 Å². The van der Waals surface area contributed by atoms with Gasteiger partial charge in [-0.05, 0) is 38.6 Å². The first-order valence-electron chi connectivity index (χ1n) is 6.82. The Morgan fingerprint density at radius 1 is 1.26 bits per heavy atom. The fourth-order valence-electron chi connectivity index (χ4n) is 3.08. The van der Waals surface area contributed by atoms with Crippen LogP contribution in [-0.4, -0.2) is 22.6 Å². The summed E-state index contributed by atoms with van der Waals surface area (Å²) in [7, 11) is 0. The first-order valence-corrected chi connectivity index (χ1v) is 6.82. The minimum absolute atomic E-state index is 0.0554. The SMILES string of the molecule is CC1(C)[C@@H]2C=CN1[C@H](OC(=O)c1ccccc1)CC2. The Balaban J connectivity index is 1.74. The molecule has 2 aliphatic heterocycles. The lowest BCUT2D eigenvalue weighted by atomic mass is 9.82. The van der Waals surface area contributed by atoms with Crippen LogP contribution in [-0.2, 0) is 4.74 Å². The van der Waals surface area contributed by atoms with Gasteiger partial charge in [-0.25, -0.2) is 4.79 Å². The molecular weight excluding hydrogens is 238 g/mol. The van der Waals surface area contributed by atoms with Crippen LogP contribution in [0.4, 0.5) is 0 Å². The summed E-state index contributed by atoms with van der Waals surface area (Å²) < 4.78 is 5.68. The normalized spacial score (nSPS) is 27.4. The Kier molecular flexibility index (Phi) is 2.85. The molecule has 1 fully saturated rings. The first-order chi connectivity index (χ1) is 9.09. The fourth-order valence-corrected chi connectivity index (χ4v) is 3.08. The molecular formula is C16H19NO2. The summed E-state index contributed by atoms with van der Waals surface area (Å²) in [6.07, 6.45) is 6.15. The molecule has 3 rings (SSSR count). The van der Waals surface area contributed by atoms with E-state index in [1.165, 1.54) is 0 Å². The predicted octanol–water partition coefficient (Wildman–Crippen LogP) is 3.19. The standard InChI is InChI=1S/C16H19NO2/c1-16(2)13-8-9-14(17(16)11-10-13)19-15(18)12-6-4-3-5-7-12/h3-7,10-11,13-14H,8-9H2,1-2H3/t13-,14+/m0/s1. The predicted molar refractivity (Wildman–Crippen MR) is 73.4 cm³/mol. The highest BCUT2D eigenvalue weighted by Crippen LogP contribution is 2.42. The van der Waals surface area contributed by atoms with Gasteiger partial charge >= 0.3 is 5.97 Å². The van der Waals surface area contributed by atoms with Gasteiger partial charge < -0.3 is 9.64 Å². The van der Waals surface area contributed by atoms with Crippen molar-refractivity contribution in [3.8, 4) is 0 Å². The molecule has 2 heterocycles. The van der Waals surface area contributed by atoms with E-state index in [9.17, 15) is 4.79 Å². The molecule has 2 aliphatic rings. The molecule has 3 nitrogen and oxygen atoms in total. The number of esters is 1. The monoisotopic (exact) mass is 257 g/mol. The summed E-state index contributed by atoms with van der Waals surface area (Å²) in [6, 6.07) is 9.19. The van der Waals surface area contributed by atoms with Gasteiger partial charge in [-0.15, -0.1) is 0 Å². The van der Waals surface area contributed by atoms with Gasteiger partial charge in [0.1, 0.15) is 0 Å². The summed E-state index contributed by atoms with van der Waals surface area (Å²) in [4.78, 5) is 14.3. The molecule has 0 N–H and O–H groups in total. The van der Waals surface area contributed by atoms with Crippen LogP contribution in [0.2, 0.25) is 0 Å². The average Bonchev–Trinajstić information content (AvgIpc) is 2.59. The van der Waals surface area contributed by atoms with Crippen molar-refractivity contribution in [3.63, 3.8) is 0 Å². The van der Waals surface area contributed by atoms with Crippen LogP contribution in [0.3, 0.4) is 0 Å². The second kappa shape index (κ2) is 4.41. The molecule has 2 atom stereocenters. The maximum Gasteiger partial charge on any atom is 0.340 e. The van der Waals surface area contributed by atoms with Crippen LogP contribution in [0.1, 0.15) is 37.0 Å². The van der Waals surface area contributed by atoms with Gasteiger partial charge in [-0.3, -0.25) is 0 Å². The quantitative estimate of drug-likeness (QED) is 0.762. The Bertz CT molecular complexity index is 507. The van der Waals surface area contributed by atoms with Crippen molar-refractivity contribution in [2.24, 2.45) is 5.92 Å². The lowest BCUT2D eigenvalue weighted by molar-refractivity contribution is -0.0763. The van der Waals surface area contributed by atoms with E-state index in [2.05, 4.69) is 31.0 Å². The van der Waals surface area contributed by atoms with Crippen LogP contribution in [0, 0.1) is 5.92 Å². The number of nitrogens with zero attached hydrogens (tertiary/aromatic N) is 1. The molecule has 0 amide bonds. The van der Waals surface area contributed by atoms with Crippen molar-refractivity contribution in [2.75, 3.05) is 0 Å². The van der Waals surface area contributed by atoms with E-state index in [0.717, 1.165) is 12.8 Å². The number of benzene rings is 1. The third-order valence-corrected chi connectivity index (χ3v) is 4.34. The maximum absolute atomic E-state index is 12.1. The van der Waals surface area contributed by atoms with E-state index < -0.39 is 0 Å². The number of ether oxygens (including phenoxy) is 1. The molecule has 0 unspecified atom stereocenters. The van der Waals surface area contributed by atoms with E-state index in [0.29, 0.717) is 11.5 Å². The maximum atomic E-state index is 12.1. The zero-order valence-corrected chi connectivity index (χ0v) is 11.4. The Morgan fingerprint density at radius 3 is 2.74 bits per heavy atom. The third kappa shape index (κ3) is 2.03. The highest BCUT2D eigenvalue weighted by atomic mass is 16.6. The molecule has 3 heteroatoms. The molecule has 1 aromatic carbocycles. The average molecular weight is 257 g/mol. The summed E-state index contributed by atoms with van der Waals surface area (Å²) in [5, 5.41) is 0. The molecule has 0 radical (unpaired) electrons. The van der Waals surface area contributed by atoms with Gasteiger partial charge in [-0.1, -0.05) is 24.3 Å². The molecule has 100 valence electrons. The largest absolute Gasteiger partial charge is 0.438 e. The van der Waals surface area contributed by atoms with Crippen molar-refractivity contribution in [1.82, 2.24) is 4.90 Å². The fraction of sp³-hybridized carbons (Fsp3) is 0.438. The van der Waals surface area contributed by atoms with Gasteiger partial charge in [0.2, 0.25) is 0 Å². The Hall–Kier alpha value is -1.77. The molecule has 0 aliphatic carbocycles.